The van der Waals surface area contributed by atoms with Crippen LogP contribution in [-0.2, 0) is 6.18 Å². The third-order valence-corrected chi connectivity index (χ3v) is 5.53. The second kappa shape index (κ2) is 7.07. The standard InChI is InChI=1S/C20H12ClF3N2OS/c21-13-6-8-14(9-7-13)25-19(27)26-15-3-1-2-4-17(15)28-18-10-5-12(11-16(18)26)20(22,23)24/h1-11H,(H,25,27). The average molecular weight is 421 g/mol. The molecule has 1 aliphatic rings. The molecule has 142 valence electrons. The minimum atomic E-state index is -4.50. The average Bonchev–Trinajstić information content (AvgIpc) is 2.66. The van der Waals surface area contributed by atoms with Gasteiger partial charge in [0, 0.05) is 20.5 Å². The molecule has 3 nitrogen and oxygen atoms in total. The minimum absolute atomic E-state index is 0.185. The molecule has 28 heavy (non-hydrogen) atoms. The summed E-state index contributed by atoms with van der Waals surface area (Å²) >= 11 is 7.18. The Balaban J connectivity index is 1.78. The van der Waals surface area contributed by atoms with Gasteiger partial charge in [-0.05, 0) is 54.6 Å². The monoisotopic (exact) mass is 420 g/mol. The molecule has 0 saturated heterocycles. The number of alkyl halides is 3. The first-order valence-corrected chi connectivity index (χ1v) is 9.37. The Morgan fingerprint density at radius 1 is 0.929 bits per heavy atom. The Labute approximate surface area is 168 Å². The van der Waals surface area contributed by atoms with Crippen molar-refractivity contribution in [2.75, 3.05) is 10.2 Å². The summed E-state index contributed by atoms with van der Waals surface area (Å²) in [6, 6.07) is 16.4. The van der Waals surface area contributed by atoms with Crippen LogP contribution < -0.4 is 10.2 Å². The third kappa shape index (κ3) is 3.55. The Kier molecular flexibility index (Phi) is 4.72. The van der Waals surface area contributed by atoms with Crippen molar-refractivity contribution < 1.29 is 18.0 Å². The van der Waals surface area contributed by atoms with Crippen LogP contribution >= 0.6 is 23.4 Å². The molecule has 8 heteroatoms. The number of amides is 2. The summed E-state index contributed by atoms with van der Waals surface area (Å²) in [5.74, 6) is 0. The predicted molar refractivity (Wildman–Crippen MR) is 105 cm³/mol. The van der Waals surface area contributed by atoms with Crippen molar-refractivity contribution in [2.45, 2.75) is 16.0 Å². The Morgan fingerprint density at radius 3 is 2.32 bits per heavy atom. The molecule has 1 N–H and O–H groups in total. The van der Waals surface area contributed by atoms with E-state index in [0.29, 0.717) is 21.3 Å². The fraction of sp³-hybridized carbons (Fsp3) is 0.0500. The number of carbonyl (C=O) groups is 1. The molecule has 0 aromatic heterocycles. The largest absolute Gasteiger partial charge is 0.416 e. The molecule has 4 rings (SSSR count). The lowest BCUT2D eigenvalue weighted by Crippen LogP contribution is -2.33. The van der Waals surface area contributed by atoms with Crippen LogP contribution in [0.1, 0.15) is 5.56 Å². The highest BCUT2D eigenvalue weighted by atomic mass is 35.5. The van der Waals surface area contributed by atoms with Gasteiger partial charge in [0.15, 0.2) is 0 Å². The van der Waals surface area contributed by atoms with Gasteiger partial charge in [0.1, 0.15) is 0 Å². The number of urea groups is 1. The van der Waals surface area contributed by atoms with Gasteiger partial charge in [-0.3, -0.25) is 4.90 Å². The SMILES string of the molecule is O=C(Nc1ccc(Cl)cc1)N1c2ccccc2Sc2ccc(C(F)(F)F)cc21. The van der Waals surface area contributed by atoms with Gasteiger partial charge < -0.3 is 5.32 Å². The number of halogens is 4. The predicted octanol–water partition coefficient (Wildman–Crippen LogP) is 7.19. The number of carbonyl (C=O) groups excluding carboxylic acids is 1. The molecular weight excluding hydrogens is 409 g/mol. The van der Waals surface area contributed by atoms with E-state index in [1.807, 2.05) is 12.1 Å². The van der Waals surface area contributed by atoms with Gasteiger partial charge in [0.2, 0.25) is 0 Å². The van der Waals surface area contributed by atoms with Crippen LogP contribution in [0.4, 0.5) is 35.0 Å². The summed E-state index contributed by atoms with van der Waals surface area (Å²) in [5.41, 5.74) is 0.380. The van der Waals surface area contributed by atoms with E-state index in [2.05, 4.69) is 5.32 Å². The zero-order valence-electron chi connectivity index (χ0n) is 14.1. The van der Waals surface area contributed by atoms with E-state index in [1.165, 1.54) is 22.7 Å². The molecule has 0 spiro atoms. The molecule has 3 aromatic carbocycles. The molecule has 0 aliphatic carbocycles. The molecule has 3 aromatic rings. The number of fused-ring (bicyclic) bond motifs is 2. The van der Waals surface area contributed by atoms with Crippen molar-refractivity contribution in [3.8, 4) is 0 Å². The molecule has 0 atom stereocenters. The zero-order chi connectivity index (χ0) is 19.9. The first kappa shape index (κ1) is 18.7. The minimum Gasteiger partial charge on any atom is -0.307 e. The summed E-state index contributed by atoms with van der Waals surface area (Å²) in [5, 5.41) is 3.23. The maximum atomic E-state index is 13.2. The molecule has 0 unspecified atom stereocenters. The van der Waals surface area contributed by atoms with E-state index in [0.717, 1.165) is 17.0 Å². The first-order chi connectivity index (χ1) is 13.3. The van der Waals surface area contributed by atoms with Gasteiger partial charge in [0.25, 0.3) is 0 Å². The Bertz CT molecular complexity index is 1050. The number of hydrogen-bond donors (Lipinski definition) is 1. The van der Waals surface area contributed by atoms with E-state index < -0.39 is 17.8 Å². The van der Waals surface area contributed by atoms with Crippen LogP contribution in [-0.4, -0.2) is 6.03 Å². The summed E-state index contributed by atoms with van der Waals surface area (Å²) in [6.45, 7) is 0. The van der Waals surface area contributed by atoms with Gasteiger partial charge in [-0.25, -0.2) is 4.79 Å². The Morgan fingerprint density at radius 2 is 1.61 bits per heavy atom. The van der Waals surface area contributed by atoms with Crippen molar-refractivity contribution in [1.82, 2.24) is 0 Å². The second-order valence-corrected chi connectivity index (χ2v) is 7.54. The number of anilines is 3. The lowest BCUT2D eigenvalue weighted by Gasteiger charge is -2.31. The summed E-state index contributed by atoms with van der Waals surface area (Å²) in [6.07, 6.45) is -4.50. The van der Waals surface area contributed by atoms with Crippen molar-refractivity contribution in [3.05, 3.63) is 77.3 Å². The molecule has 0 saturated carbocycles. The van der Waals surface area contributed by atoms with Crippen molar-refractivity contribution in [1.29, 1.82) is 0 Å². The van der Waals surface area contributed by atoms with Crippen LogP contribution in [0.3, 0.4) is 0 Å². The van der Waals surface area contributed by atoms with Gasteiger partial charge in [0.05, 0.1) is 16.9 Å². The van der Waals surface area contributed by atoms with Crippen molar-refractivity contribution in [2.24, 2.45) is 0 Å². The zero-order valence-corrected chi connectivity index (χ0v) is 15.7. The van der Waals surface area contributed by atoms with Gasteiger partial charge in [-0.2, -0.15) is 13.2 Å². The molecule has 0 bridgehead atoms. The quantitative estimate of drug-likeness (QED) is 0.451. The fourth-order valence-electron chi connectivity index (χ4n) is 2.86. The second-order valence-electron chi connectivity index (χ2n) is 6.02. The number of benzene rings is 3. The van der Waals surface area contributed by atoms with E-state index in [9.17, 15) is 18.0 Å². The molecule has 0 fully saturated rings. The topological polar surface area (TPSA) is 32.3 Å². The maximum absolute atomic E-state index is 13.2. The van der Waals surface area contributed by atoms with Gasteiger partial charge >= 0.3 is 12.2 Å². The highest BCUT2D eigenvalue weighted by molar-refractivity contribution is 7.99. The number of hydrogen-bond acceptors (Lipinski definition) is 2. The lowest BCUT2D eigenvalue weighted by molar-refractivity contribution is -0.137. The maximum Gasteiger partial charge on any atom is 0.416 e. The molecule has 1 aliphatic heterocycles. The van der Waals surface area contributed by atoms with E-state index in [1.54, 1.807) is 36.4 Å². The van der Waals surface area contributed by atoms with E-state index >= 15 is 0 Å². The highest BCUT2D eigenvalue weighted by Crippen LogP contribution is 2.49. The smallest absolute Gasteiger partial charge is 0.307 e. The summed E-state index contributed by atoms with van der Waals surface area (Å²) in [4.78, 5) is 15.6. The van der Waals surface area contributed by atoms with Crippen molar-refractivity contribution >= 4 is 46.5 Å². The summed E-state index contributed by atoms with van der Waals surface area (Å²) in [7, 11) is 0. The normalized spacial score (nSPS) is 12.9. The van der Waals surface area contributed by atoms with E-state index in [-0.39, 0.29) is 5.69 Å². The number of rotatable bonds is 1. The highest BCUT2D eigenvalue weighted by Gasteiger charge is 2.34. The fourth-order valence-corrected chi connectivity index (χ4v) is 4.03. The first-order valence-electron chi connectivity index (χ1n) is 8.18. The van der Waals surface area contributed by atoms with Crippen LogP contribution in [0, 0.1) is 0 Å². The van der Waals surface area contributed by atoms with Crippen LogP contribution in [0.5, 0.6) is 0 Å². The molecule has 0 radical (unpaired) electrons. The van der Waals surface area contributed by atoms with Crippen LogP contribution in [0.2, 0.25) is 5.02 Å². The Hall–Kier alpha value is -2.64. The lowest BCUT2D eigenvalue weighted by atomic mass is 10.1. The van der Waals surface area contributed by atoms with Crippen LogP contribution in [0.25, 0.3) is 0 Å². The van der Waals surface area contributed by atoms with Gasteiger partial charge in [-0.1, -0.05) is 35.5 Å². The summed E-state index contributed by atoms with van der Waals surface area (Å²) < 4.78 is 39.7. The number of nitrogens with zero attached hydrogens (tertiary/aromatic N) is 1. The van der Waals surface area contributed by atoms with Crippen LogP contribution in [0.15, 0.2) is 76.5 Å². The van der Waals surface area contributed by atoms with Gasteiger partial charge in [-0.15, -0.1) is 0 Å². The molecule has 1 heterocycles. The van der Waals surface area contributed by atoms with E-state index in [4.69, 9.17) is 11.6 Å². The number of nitrogens with one attached hydrogen (secondary N) is 1. The molecular formula is C20H12ClF3N2OS. The third-order valence-electron chi connectivity index (χ3n) is 4.15. The molecule has 2 amide bonds. The van der Waals surface area contributed by atoms with Crippen molar-refractivity contribution in [3.63, 3.8) is 0 Å². The number of para-hydroxylation sites is 1.